The van der Waals surface area contributed by atoms with Gasteiger partial charge in [-0.25, -0.2) is 0 Å². The van der Waals surface area contributed by atoms with E-state index in [0.717, 1.165) is 17.1 Å². The number of hydrogen-bond acceptors (Lipinski definition) is 7. The molecule has 0 aromatic carbocycles. The summed E-state index contributed by atoms with van der Waals surface area (Å²) in [5.74, 6) is 2.99. The molecule has 0 spiro atoms. The number of nitrogens with two attached hydrogens (primary N) is 1. The molecular formula is C21H29N7O3S. The molecule has 3 aliphatic rings. The van der Waals surface area contributed by atoms with Crippen molar-refractivity contribution < 1.29 is 9.11 Å². The van der Waals surface area contributed by atoms with E-state index in [0.29, 0.717) is 47.3 Å². The number of rotatable bonds is 5. The van der Waals surface area contributed by atoms with Gasteiger partial charge in [0.1, 0.15) is 11.2 Å². The van der Waals surface area contributed by atoms with Gasteiger partial charge in [0.25, 0.3) is 5.56 Å². The molecule has 6 rings (SSSR count). The fraction of sp³-hybridized carbons (Fsp3) is 0.571. The summed E-state index contributed by atoms with van der Waals surface area (Å²) in [5, 5.41) is 12.3. The molecule has 3 fully saturated rings. The summed E-state index contributed by atoms with van der Waals surface area (Å²) < 4.78 is 23.6. The third kappa shape index (κ3) is 3.30. The average Bonchev–Trinajstić information content (AvgIpc) is 3.68. The number of H-pyrrole nitrogens is 1. The van der Waals surface area contributed by atoms with Crippen molar-refractivity contribution in [3.63, 3.8) is 0 Å². The Morgan fingerprint density at radius 2 is 1.84 bits per heavy atom. The second-order valence-electron chi connectivity index (χ2n) is 9.49. The largest absolute Gasteiger partial charge is 0.382 e. The van der Waals surface area contributed by atoms with E-state index >= 15 is 0 Å². The van der Waals surface area contributed by atoms with Crippen LogP contribution >= 0.6 is 10.6 Å². The van der Waals surface area contributed by atoms with Crippen LogP contribution in [0.2, 0.25) is 0 Å². The second-order valence-corrected chi connectivity index (χ2v) is 11.9. The van der Waals surface area contributed by atoms with Gasteiger partial charge in [-0.05, 0) is 37.5 Å². The van der Waals surface area contributed by atoms with Crippen molar-refractivity contribution in [3.8, 4) is 11.3 Å². The van der Waals surface area contributed by atoms with Crippen LogP contribution in [-0.2, 0) is 7.05 Å². The Balaban J connectivity index is 1.46. The summed E-state index contributed by atoms with van der Waals surface area (Å²) in [4.78, 5) is 15.5. The molecule has 3 aromatic rings. The maximum atomic E-state index is 13.4. The van der Waals surface area contributed by atoms with Crippen molar-refractivity contribution in [2.45, 2.75) is 31.7 Å². The molecule has 11 heteroatoms. The molecule has 0 bridgehead atoms. The molecule has 0 radical (unpaired) electrons. The van der Waals surface area contributed by atoms with E-state index in [1.165, 1.54) is 25.7 Å². The molecule has 1 saturated heterocycles. The molecule has 32 heavy (non-hydrogen) atoms. The first-order valence-electron chi connectivity index (χ1n) is 11.2. The maximum absolute atomic E-state index is 13.4. The molecule has 1 aliphatic heterocycles. The van der Waals surface area contributed by atoms with E-state index < -0.39 is 10.6 Å². The van der Waals surface area contributed by atoms with E-state index in [-0.39, 0.29) is 17.4 Å². The Labute approximate surface area is 186 Å². The molecule has 2 aliphatic carbocycles. The van der Waals surface area contributed by atoms with Crippen molar-refractivity contribution in [2.75, 3.05) is 35.2 Å². The van der Waals surface area contributed by atoms with Crippen LogP contribution < -0.4 is 16.2 Å². The zero-order valence-corrected chi connectivity index (χ0v) is 18.9. The lowest BCUT2D eigenvalue weighted by Gasteiger charge is -2.41. The summed E-state index contributed by atoms with van der Waals surface area (Å²) in [6.07, 6.45) is 6.63. The van der Waals surface area contributed by atoms with Gasteiger partial charge in [-0.1, -0.05) is 0 Å². The van der Waals surface area contributed by atoms with Gasteiger partial charge >= 0.3 is 0 Å². The Kier molecular flexibility index (Phi) is 4.40. The topological polar surface area (TPSA) is 138 Å². The minimum atomic E-state index is -2.47. The number of fused-ring (bicyclic) bond motifs is 1. The molecule has 172 valence electrons. The molecule has 10 nitrogen and oxygen atoms in total. The van der Waals surface area contributed by atoms with Gasteiger partial charge in [-0.15, -0.1) is 0 Å². The molecule has 5 N–H and O–H groups in total. The van der Waals surface area contributed by atoms with Crippen LogP contribution in [0.15, 0.2) is 17.1 Å². The Morgan fingerprint density at radius 3 is 2.47 bits per heavy atom. The van der Waals surface area contributed by atoms with Crippen LogP contribution in [0.4, 0.5) is 11.6 Å². The molecule has 0 amide bonds. The number of nitrogens with one attached hydrogen (secondary N) is 1. The summed E-state index contributed by atoms with van der Waals surface area (Å²) >= 11 is 0. The number of nitrogens with zero attached hydrogens (tertiary/aromatic N) is 5. The van der Waals surface area contributed by atoms with E-state index in [4.69, 9.17) is 10.8 Å². The fourth-order valence-corrected chi connectivity index (χ4v) is 6.36. The van der Waals surface area contributed by atoms with Crippen LogP contribution in [0.5, 0.6) is 0 Å². The van der Waals surface area contributed by atoms with Crippen molar-refractivity contribution in [2.24, 2.45) is 18.9 Å². The van der Waals surface area contributed by atoms with Crippen LogP contribution in [0.3, 0.4) is 0 Å². The number of nitrogen functional groups attached to an aromatic ring is 1. The first-order valence-corrected chi connectivity index (χ1v) is 13.1. The highest BCUT2D eigenvalue weighted by Crippen LogP contribution is 2.52. The maximum Gasteiger partial charge on any atom is 0.264 e. The number of aromatic nitrogens is 5. The zero-order chi connectivity index (χ0) is 22.2. The number of pyridine rings is 1. The minimum Gasteiger partial charge on any atom is -0.382 e. The SMILES string of the molecule is Cn1nc(-c2cn(C(C3CC3)C3CC3)c(=O)c3c(N)n[nH]c23)cc1N1CCS(O)(O)CC1. The summed E-state index contributed by atoms with van der Waals surface area (Å²) in [7, 11) is -0.583. The highest BCUT2D eigenvalue weighted by molar-refractivity contribution is 8.24. The predicted octanol–water partition coefficient (Wildman–Crippen LogP) is 2.64. The summed E-state index contributed by atoms with van der Waals surface area (Å²) in [6.45, 7) is 1.14. The first kappa shape index (κ1) is 20.1. The highest BCUT2D eigenvalue weighted by atomic mass is 32.3. The van der Waals surface area contributed by atoms with E-state index in [2.05, 4.69) is 15.1 Å². The van der Waals surface area contributed by atoms with Gasteiger partial charge in [0.15, 0.2) is 5.82 Å². The van der Waals surface area contributed by atoms with Gasteiger partial charge in [0.05, 0.1) is 22.7 Å². The van der Waals surface area contributed by atoms with Gasteiger partial charge in [-0.3, -0.25) is 23.7 Å². The van der Waals surface area contributed by atoms with Crippen LogP contribution in [0.25, 0.3) is 22.2 Å². The van der Waals surface area contributed by atoms with Crippen molar-refractivity contribution in [1.29, 1.82) is 0 Å². The molecule has 0 atom stereocenters. The van der Waals surface area contributed by atoms with Crippen molar-refractivity contribution in [1.82, 2.24) is 24.5 Å². The average molecular weight is 460 g/mol. The summed E-state index contributed by atoms with van der Waals surface area (Å²) in [6, 6.07) is 2.22. The summed E-state index contributed by atoms with van der Waals surface area (Å²) in [5.41, 5.74) is 8.22. The minimum absolute atomic E-state index is 0.0730. The van der Waals surface area contributed by atoms with Gasteiger partial charge in [0.2, 0.25) is 0 Å². The quantitative estimate of drug-likeness (QED) is 0.460. The van der Waals surface area contributed by atoms with Crippen LogP contribution in [0, 0.1) is 11.8 Å². The first-order chi connectivity index (χ1) is 15.3. The fourth-order valence-electron chi connectivity index (χ4n) is 5.13. The van der Waals surface area contributed by atoms with E-state index in [1.54, 1.807) is 0 Å². The monoisotopic (exact) mass is 459 g/mol. The number of aromatic amines is 1. The lowest BCUT2D eigenvalue weighted by atomic mass is 10.0. The van der Waals surface area contributed by atoms with Gasteiger partial charge in [-0.2, -0.15) is 20.8 Å². The third-order valence-electron chi connectivity index (χ3n) is 7.14. The standard InChI is InChI=1S/C21H29N7O3S/c1-26-16(27-6-8-32(30,31)9-7-27)10-15(25-26)14-11-28(19(12-2-3-12)13-4-5-13)21(29)17-18(14)23-24-20(17)22/h10-13,19,30-31H,2-9H2,1H3,(H3,22,23,24). The van der Waals surface area contributed by atoms with Crippen LogP contribution in [0.1, 0.15) is 31.7 Å². The Bertz CT molecular complexity index is 1230. The van der Waals surface area contributed by atoms with Gasteiger partial charge in [0, 0.05) is 44.0 Å². The molecule has 0 unspecified atom stereocenters. The predicted molar refractivity (Wildman–Crippen MR) is 126 cm³/mol. The van der Waals surface area contributed by atoms with Crippen molar-refractivity contribution in [3.05, 3.63) is 22.6 Å². The number of anilines is 2. The lowest BCUT2D eigenvalue weighted by molar-refractivity contribution is 0.386. The normalized spacial score (nSPS) is 22.1. The third-order valence-corrected chi connectivity index (χ3v) is 8.82. The van der Waals surface area contributed by atoms with Crippen molar-refractivity contribution >= 4 is 33.1 Å². The Hall–Kier alpha value is -2.50. The molecule has 4 heterocycles. The molecular weight excluding hydrogens is 430 g/mol. The second kappa shape index (κ2) is 7.00. The lowest BCUT2D eigenvalue weighted by Crippen LogP contribution is -2.39. The molecule has 2 saturated carbocycles. The number of aryl methyl sites for hydroxylation is 1. The zero-order valence-electron chi connectivity index (χ0n) is 18.1. The smallest absolute Gasteiger partial charge is 0.264 e. The molecule has 3 aromatic heterocycles. The number of hydrogen-bond donors (Lipinski definition) is 4. The van der Waals surface area contributed by atoms with E-state index in [1.807, 2.05) is 28.6 Å². The van der Waals surface area contributed by atoms with Gasteiger partial charge < -0.3 is 15.2 Å². The highest BCUT2D eigenvalue weighted by Gasteiger charge is 2.43. The van der Waals surface area contributed by atoms with E-state index in [9.17, 15) is 13.9 Å². The Morgan fingerprint density at radius 1 is 1.19 bits per heavy atom. The van der Waals surface area contributed by atoms with Crippen LogP contribution in [-0.4, -0.2) is 58.2 Å².